The van der Waals surface area contributed by atoms with Crippen LogP contribution in [-0.2, 0) is 9.13 Å². The molecule has 0 aliphatic heterocycles. The van der Waals surface area contributed by atoms with Gasteiger partial charge >= 0.3 is 0 Å². The summed E-state index contributed by atoms with van der Waals surface area (Å²) in [7, 11) is -6.05. The summed E-state index contributed by atoms with van der Waals surface area (Å²) in [6.45, 7) is 2.22. The number of hydrogen-bond acceptors (Lipinski definition) is 2. The van der Waals surface area contributed by atoms with Crippen LogP contribution >= 0.6 is 14.3 Å². The van der Waals surface area contributed by atoms with E-state index >= 15 is 9.13 Å². The van der Waals surface area contributed by atoms with Crippen LogP contribution in [0.2, 0.25) is 0 Å². The first-order valence-electron chi connectivity index (χ1n) is 18.4. The van der Waals surface area contributed by atoms with Crippen molar-refractivity contribution in [3.05, 3.63) is 131 Å². The molecule has 0 radical (unpaired) electrons. The molecule has 0 aromatic heterocycles. The van der Waals surface area contributed by atoms with Gasteiger partial charge in [-0.3, -0.25) is 0 Å². The van der Waals surface area contributed by atoms with Crippen LogP contribution in [0.5, 0.6) is 0 Å². The van der Waals surface area contributed by atoms with E-state index in [0.717, 1.165) is 72.6 Å². The first-order chi connectivity index (χ1) is 23.0. The van der Waals surface area contributed by atoms with E-state index in [1.807, 2.05) is 24.3 Å². The molecule has 2 aromatic rings. The van der Waals surface area contributed by atoms with Crippen molar-refractivity contribution in [3.8, 4) is 0 Å². The quantitative estimate of drug-likeness (QED) is 0.264. The van der Waals surface area contributed by atoms with Gasteiger partial charge in [0.15, 0.2) is 7.14 Å². The standard InChI is InChI=1S/C43H52O2P2/c1-33-15-14-24-41(29-33)47(45,40-22-12-5-13-23-40)43-31-37(36-27-25-35(26-28-36)34-16-6-2-7-17-34)30-42(32-43)46(44,38-18-8-3-9-19-38)39-20-10-4-11-21-39/h2-3,5-6,8-9,12-16,18-19,22-24,31-33,35-36,39,42H,4,7,10-11,17,20-21,25-30H2,1H3. The maximum atomic E-state index is 16.0. The van der Waals surface area contributed by atoms with Crippen molar-refractivity contribution < 1.29 is 9.13 Å². The van der Waals surface area contributed by atoms with Crippen LogP contribution in [0.1, 0.15) is 90.4 Å². The Morgan fingerprint density at radius 3 is 1.98 bits per heavy atom. The molecule has 2 aromatic carbocycles. The second-order valence-electron chi connectivity index (χ2n) is 14.8. The molecule has 2 saturated carbocycles. The molecule has 2 fully saturated rings. The summed E-state index contributed by atoms with van der Waals surface area (Å²) in [5, 5.41) is 3.91. The summed E-state index contributed by atoms with van der Waals surface area (Å²) < 4.78 is 32.1. The number of allylic oxidation sites excluding steroid dienone is 12. The van der Waals surface area contributed by atoms with E-state index < -0.39 is 14.3 Å². The van der Waals surface area contributed by atoms with Gasteiger partial charge in [-0.25, -0.2) is 0 Å². The molecule has 5 aliphatic rings. The van der Waals surface area contributed by atoms with Crippen LogP contribution in [0, 0.1) is 17.8 Å². The molecule has 0 N–H and O–H groups in total. The van der Waals surface area contributed by atoms with Crippen LogP contribution in [0.4, 0.5) is 0 Å². The van der Waals surface area contributed by atoms with Gasteiger partial charge in [0.25, 0.3) is 0 Å². The largest absolute Gasteiger partial charge is 0.318 e. The van der Waals surface area contributed by atoms with Gasteiger partial charge in [-0.05, 0) is 87.3 Å². The average molecular weight is 663 g/mol. The van der Waals surface area contributed by atoms with Gasteiger partial charge in [0.2, 0.25) is 0 Å². The highest BCUT2D eigenvalue weighted by molar-refractivity contribution is 7.79. The molecule has 2 nitrogen and oxygen atoms in total. The summed E-state index contributed by atoms with van der Waals surface area (Å²) >= 11 is 0. The Labute approximate surface area is 283 Å². The molecule has 0 bridgehead atoms. The Kier molecular flexibility index (Phi) is 10.1. The second-order valence-corrected chi connectivity index (χ2v) is 21.0. The maximum Gasteiger partial charge on any atom is 0.166 e. The van der Waals surface area contributed by atoms with Gasteiger partial charge in [0.1, 0.15) is 7.14 Å². The lowest BCUT2D eigenvalue weighted by Gasteiger charge is -2.40. The molecule has 246 valence electrons. The lowest BCUT2D eigenvalue weighted by Crippen LogP contribution is -2.30. The van der Waals surface area contributed by atoms with Crippen molar-refractivity contribution in [2.24, 2.45) is 17.8 Å². The molecule has 0 spiro atoms. The van der Waals surface area contributed by atoms with Gasteiger partial charge in [-0.2, -0.15) is 0 Å². The van der Waals surface area contributed by atoms with Crippen molar-refractivity contribution in [2.75, 3.05) is 0 Å². The Bertz CT molecular complexity index is 1690. The predicted molar refractivity (Wildman–Crippen MR) is 202 cm³/mol. The number of rotatable bonds is 8. The van der Waals surface area contributed by atoms with Crippen molar-refractivity contribution in [3.63, 3.8) is 0 Å². The summed E-state index contributed by atoms with van der Waals surface area (Å²) in [5.74, 6) is 1.48. The number of hydrogen-bond donors (Lipinski definition) is 0. The molecule has 4 unspecified atom stereocenters. The van der Waals surface area contributed by atoms with E-state index in [4.69, 9.17) is 0 Å². The molecular weight excluding hydrogens is 610 g/mol. The van der Waals surface area contributed by atoms with Gasteiger partial charge < -0.3 is 9.13 Å². The molecule has 0 saturated heterocycles. The topological polar surface area (TPSA) is 34.1 Å². The van der Waals surface area contributed by atoms with Crippen LogP contribution in [0.15, 0.2) is 131 Å². The Balaban J connectivity index is 1.34. The Morgan fingerprint density at radius 2 is 1.34 bits per heavy atom. The normalized spacial score (nSPS) is 29.5. The van der Waals surface area contributed by atoms with Crippen molar-refractivity contribution in [1.82, 2.24) is 0 Å². The zero-order valence-corrected chi connectivity index (χ0v) is 30.0. The van der Waals surface area contributed by atoms with Crippen LogP contribution in [0.3, 0.4) is 0 Å². The number of benzene rings is 2. The average Bonchev–Trinajstić information content (AvgIpc) is 3.15. The zero-order chi connectivity index (χ0) is 32.3. The predicted octanol–water partition coefficient (Wildman–Crippen LogP) is 11.8. The third-order valence-electron chi connectivity index (χ3n) is 11.9. The van der Waals surface area contributed by atoms with Crippen LogP contribution < -0.4 is 10.6 Å². The summed E-state index contributed by atoms with van der Waals surface area (Å²) in [6.07, 6.45) is 32.4. The van der Waals surface area contributed by atoms with Crippen molar-refractivity contribution in [1.29, 1.82) is 0 Å². The van der Waals surface area contributed by atoms with E-state index in [1.54, 1.807) is 5.57 Å². The molecule has 7 rings (SSSR count). The smallest absolute Gasteiger partial charge is 0.166 e. The lowest BCUT2D eigenvalue weighted by atomic mass is 9.73. The Morgan fingerprint density at radius 1 is 0.681 bits per heavy atom. The highest BCUT2D eigenvalue weighted by Gasteiger charge is 2.46. The summed E-state index contributed by atoms with van der Waals surface area (Å²) in [5.41, 5.74) is 3.11. The van der Waals surface area contributed by atoms with E-state index in [-0.39, 0.29) is 11.3 Å². The van der Waals surface area contributed by atoms with Crippen LogP contribution in [-0.4, -0.2) is 11.3 Å². The van der Waals surface area contributed by atoms with E-state index in [1.165, 1.54) is 37.7 Å². The van der Waals surface area contributed by atoms with Crippen molar-refractivity contribution in [2.45, 2.75) is 102 Å². The Hall–Kier alpha value is -2.66. The first kappa shape index (κ1) is 32.9. The van der Waals surface area contributed by atoms with Crippen LogP contribution in [0.25, 0.3) is 0 Å². The minimum absolute atomic E-state index is 0.124. The zero-order valence-electron chi connectivity index (χ0n) is 28.2. The second kappa shape index (κ2) is 14.4. The van der Waals surface area contributed by atoms with Crippen molar-refractivity contribution >= 4 is 24.9 Å². The summed E-state index contributed by atoms with van der Waals surface area (Å²) in [4.78, 5) is 0. The van der Waals surface area contributed by atoms with Gasteiger partial charge in [0, 0.05) is 27.2 Å². The molecule has 47 heavy (non-hydrogen) atoms. The van der Waals surface area contributed by atoms with Gasteiger partial charge in [-0.15, -0.1) is 0 Å². The first-order valence-corrected chi connectivity index (χ1v) is 22.0. The minimum Gasteiger partial charge on any atom is -0.318 e. The van der Waals surface area contributed by atoms with E-state index in [0.29, 0.717) is 17.8 Å². The van der Waals surface area contributed by atoms with E-state index in [2.05, 4.69) is 91.9 Å². The summed E-state index contributed by atoms with van der Waals surface area (Å²) in [6, 6.07) is 20.7. The molecule has 0 amide bonds. The molecule has 0 heterocycles. The molecule has 4 heteroatoms. The molecule has 4 atom stereocenters. The van der Waals surface area contributed by atoms with Gasteiger partial charge in [-0.1, -0.05) is 147 Å². The lowest BCUT2D eigenvalue weighted by molar-refractivity contribution is 0.323. The minimum atomic E-state index is -3.16. The van der Waals surface area contributed by atoms with Gasteiger partial charge in [0.05, 0.1) is 0 Å². The SMILES string of the molecule is CC1C=CC=C(P(=O)(C2=CC(P(=O)(c3ccccc3)C3CCCCC3)CC(C3CCC(C4=CC=CCC4)CC3)=C2)c2ccccc2)C1. The molecular formula is C43H52O2P2. The monoisotopic (exact) mass is 662 g/mol. The maximum absolute atomic E-state index is 16.0. The van der Waals surface area contributed by atoms with E-state index in [9.17, 15) is 0 Å². The third kappa shape index (κ3) is 6.67. The fraction of sp³-hybridized carbons (Fsp3) is 0.442. The molecule has 5 aliphatic carbocycles. The highest BCUT2D eigenvalue weighted by Crippen LogP contribution is 2.68. The fourth-order valence-electron chi connectivity index (χ4n) is 9.29. The third-order valence-corrected chi connectivity index (χ3v) is 19.1. The fourth-order valence-corrected chi connectivity index (χ4v) is 16.5. The highest BCUT2D eigenvalue weighted by atomic mass is 31.2.